The van der Waals surface area contributed by atoms with E-state index in [0.717, 1.165) is 36.0 Å². The predicted octanol–water partition coefficient (Wildman–Crippen LogP) is 3.02. The first kappa shape index (κ1) is 14.5. The summed E-state index contributed by atoms with van der Waals surface area (Å²) in [6, 6.07) is 8.14. The van der Waals surface area contributed by atoms with Crippen molar-refractivity contribution in [2.45, 2.75) is 32.7 Å². The SMILES string of the molecule is C[C@H](NC(=O)C1(C)CCNCC1)c1ccc(Br)cc1. The first-order valence-electron chi connectivity index (χ1n) is 6.78. The van der Waals surface area contributed by atoms with Crippen LogP contribution in [0.15, 0.2) is 28.7 Å². The van der Waals surface area contributed by atoms with E-state index < -0.39 is 0 Å². The number of piperidine rings is 1. The Bertz CT molecular complexity index is 438. The second kappa shape index (κ2) is 6.06. The zero-order valence-electron chi connectivity index (χ0n) is 11.5. The standard InChI is InChI=1S/C15H21BrN2O/c1-11(12-3-5-13(16)6-4-12)18-14(19)15(2)7-9-17-10-8-15/h3-6,11,17H,7-10H2,1-2H3,(H,18,19)/t11-/m0/s1. The van der Waals surface area contributed by atoms with Gasteiger partial charge in [-0.2, -0.15) is 0 Å². The second-order valence-corrected chi connectivity index (χ2v) is 6.47. The molecule has 0 saturated carbocycles. The summed E-state index contributed by atoms with van der Waals surface area (Å²) < 4.78 is 1.06. The lowest BCUT2D eigenvalue weighted by Gasteiger charge is -2.33. The first-order valence-corrected chi connectivity index (χ1v) is 7.58. The molecule has 19 heavy (non-hydrogen) atoms. The van der Waals surface area contributed by atoms with E-state index in [1.807, 2.05) is 31.2 Å². The Balaban J connectivity index is 2.00. The Morgan fingerprint density at radius 3 is 2.47 bits per heavy atom. The molecular weight excluding hydrogens is 304 g/mol. The van der Waals surface area contributed by atoms with Crippen molar-refractivity contribution in [3.05, 3.63) is 34.3 Å². The lowest BCUT2D eigenvalue weighted by molar-refractivity contribution is -0.132. The number of benzene rings is 1. The maximum Gasteiger partial charge on any atom is 0.226 e. The molecule has 1 saturated heterocycles. The largest absolute Gasteiger partial charge is 0.349 e. The van der Waals surface area contributed by atoms with Gasteiger partial charge in [0.15, 0.2) is 0 Å². The maximum atomic E-state index is 12.4. The number of carbonyl (C=O) groups is 1. The summed E-state index contributed by atoms with van der Waals surface area (Å²) in [6.07, 6.45) is 1.82. The highest BCUT2D eigenvalue weighted by atomic mass is 79.9. The van der Waals surface area contributed by atoms with Crippen LogP contribution in [0.5, 0.6) is 0 Å². The molecule has 104 valence electrons. The predicted molar refractivity (Wildman–Crippen MR) is 80.9 cm³/mol. The molecule has 1 fully saturated rings. The molecule has 1 aromatic rings. The number of rotatable bonds is 3. The molecule has 4 heteroatoms. The minimum absolute atomic E-state index is 0.0484. The van der Waals surface area contributed by atoms with E-state index in [2.05, 4.69) is 33.5 Å². The number of carbonyl (C=O) groups excluding carboxylic acids is 1. The van der Waals surface area contributed by atoms with Crippen LogP contribution in [0.4, 0.5) is 0 Å². The molecule has 1 amide bonds. The van der Waals surface area contributed by atoms with E-state index in [1.54, 1.807) is 0 Å². The van der Waals surface area contributed by atoms with Gasteiger partial charge in [-0.05, 0) is 50.6 Å². The number of nitrogens with one attached hydrogen (secondary N) is 2. The summed E-state index contributed by atoms with van der Waals surface area (Å²) in [5.74, 6) is 0.171. The lowest BCUT2D eigenvalue weighted by Crippen LogP contribution is -2.46. The van der Waals surface area contributed by atoms with Crippen molar-refractivity contribution in [2.24, 2.45) is 5.41 Å². The van der Waals surface area contributed by atoms with Crippen molar-refractivity contribution >= 4 is 21.8 Å². The Morgan fingerprint density at radius 2 is 1.89 bits per heavy atom. The third-order valence-corrected chi connectivity index (χ3v) is 4.50. The van der Waals surface area contributed by atoms with E-state index >= 15 is 0 Å². The number of hydrogen-bond acceptors (Lipinski definition) is 2. The van der Waals surface area contributed by atoms with Crippen molar-refractivity contribution < 1.29 is 4.79 Å². The molecule has 1 aliphatic heterocycles. The van der Waals surface area contributed by atoms with Crippen LogP contribution >= 0.6 is 15.9 Å². The molecular formula is C15H21BrN2O. The first-order chi connectivity index (χ1) is 9.01. The van der Waals surface area contributed by atoms with Gasteiger partial charge in [0.2, 0.25) is 5.91 Å². The Hall–Kier alpha value is -0.870. The van der Waals surface area contributed by atoms with Gasteiger partial charge in [-0.25, -0.2) is 0 Å². The third-order valence-electron chi connectivity index (χ3n) is 3.97. The molecule has 0 spiro atoms. The van der Waals surface area contributed by atoms with Crippen molar-refractivity contribution in [3.63, 3.8) is 0 Å². The summed E-state index contributed by atoms with van der Waals surface area (Å²) in [5, 5.41) is 6.44. The van der Waals surface area contributed by atoms with Gasteiger partial charge in [0.1, 0.15) is 0 Å². The van der Waals surface area contributed by atoms with Crippen molar-refractivity contribution in [1.82, 2.24) is 10.6 Å². The fourth-order valence-corrected chi connectivity index (χ4v) is 2.68. The average Bonchev–Trinajstić information content (AvgIpc) is 2.40. The number of amides is 1. The summed E-state index contributed by atoms with van der Waals surface area (Å²) in [5.41, 5.74) is 0.906. The van der Waals surface area contributed by atoms with Crippen LogP contribution in [-0.2, 0) is 4.79 Å². The van der Waals surface area contributed by atoms with E-state index in [9.17, 15) is 4.79 Å². The molecule has 1 atom stereocenters. The maximum absolute atomic E-state index is 12.4. The van der Waals surface area contributed by atoms with Crippen LogP contribution < -0.4 is 10.6 Å². The van der Waals surface area contributed by atoms with Crippen LogP contribution in [0.3, 0.4) is 0 Å². The number of hydrogen-bond donors (Lipinski definition) is 2. The third kappa shape index (κ3) is 3.57. The van der Waals surface area contributed by atoms with Crippen molar-refractivity contribution in [2.75, 3.05) is 13.1 Å². The molecule has 2 N–H and O–H groups in total. The van der Waals surface area contributed by atoms with Crippen molar-refractivity contribution in [3.8, 4) is 0 Å². The van der Waals surface area contributed by atoms with Gasteiger partial charge >= 0.3 is 0 Å². The molecule has 2 rings (SSSR count). The summed E-state index contributed by atoms with van der Waals surface area (Å²) in [4.78, 5) is 12.4. The minimum atomic E-state index is -0.227. The van der Waals surface area contributed by atoms with Crippen molar-refractivity contribution in [1.29, 1.82) is 0 Å². The van der Waals surface area contributed by atoms with Gasteiger partial charge in [0, 0.05) is 9.89 Å². The summed E-state index contributed by atoms with van der Waals surface area (Å²) in [6.45, 7) is 5.95. The van der Waals surface area contributed by atoms with Crippen LogP contribution in [0.1, 0.15) is 38.3 Å². The molecule has 0 aromatic heterocycles. The van der Waals surface area contributed by atoms with Gasteiger partial charge < -0.3 is 10.6 Å². The fraction of sp³-hybridized carbons (Fsp3) is 0.533. The topological polar surface area (TPSA) is 41.1 Å². The molecule has 0 radical (unpaired) electrons. The van der Waals surface area contributed by atoms with E-state index in [4.69, 9.17) is 0 Å². The fourth-order valence-electron chi connectivity index (χ4n) is 2.41. The summed E-state index contributed by atoms with van der Waals surface area (Å²) >= 11 is 3.42. The molecule has 0 unspecified atom stereocenters. The quantitative estimate of drug-likeness (QED) is 0.897. The zero-order valence-corrected chi connectivity index (χ0v) is 13.1. The normalized spacial score (nSPS) is 19.7. The second-order valence-electron chi connectivity index (χ2n) is 5.56. The van der Waals surface area contributed by atoms with Gasteiger partial charge in [-0.3, -0.25) is 4.79 Å². The highest BCUT2D eigenvalue weighted by Crippen LogP contribution is 2.29. The van der Waals surface area contributed by atoms with Crippen LogP contribution in [0.25, 0.3) is 0 Å². The average molecular weight is 325 g/mol. The van der Waals surface area contributed by atoms with E-state index in [0.29, 0.717) is 0 Å². The molecule has 3 nitrogen and oxygen atoms in total. The van der Waals surface area contributed by atoms with Crippen LogP contribution in [0.2, 0.25) is 0 Å². The Kier molecular flexibility index (Phi) is 4.63. The van der Waals surface area contributed by atoms with Gasteiger partial charge in [0.25, 0.3) is 0 Å². The minimum Gasteiger partial charge on any atom is -0.349 e. The molecule has 1 aromatic carbocycles. The Morgan fingerprint density at radius 1 is 1.32 bits per heavy atom. The highest BCUT2D eigenvalue weighted by Gasteiger charge is 2.35. The highest BCUT2D eigenvalue weighted by molar-refractivity contribution is 9.10. The monoisotopic (exact) mass is 324 g/mol. The zero-order chi connectivity index (χ0) is 13.9. The lowest BCUT2D eigenvalue weighted by atomic mass is 9.80. The summed E-state index contributed by atoms with van der Waals surface area (Å²) in [7, 11) is 0. The van der Waals surface area contributed by atoms with Gasteiger partial charge in [-0.1, -0.05) is 35.0 Å². The number of halogens is 1. The van der Waals surface area contributed by atoms with E-state index in [1.165, 1.54) is 0 Å². The smallest absolute Gasteiger partial charge is 0.226 e. The molecule has 0 aliphatic carbocycles. The Labute approximate surface area is 123 Å². The van der Waals surface area contributed by atoms with E-state index in [-0.39, 0.29) is 17.4 Å². The molecule has 0 bridgehead atoms. The molecule has 1 aliphatic rings. The van der Waals surface area contributed by atoms with Crippen LogP contribution in [-0.4, -0.2) is 19.0 Å². The van der Waals surface area contributed by atoms with Crippen LogP contribution in [0, 0.1) is 5.41 Å². The van der Waals surface area contributed by atoms with Gasteiger partial charge in [0.05, 0.1) is 6.04 Å². The van der Waals surface area contributed by atoms with Gasteiger partial charge in [-0.15, -0.1) is 0 Å². The molecule has 1 heterocycles.